The zero-order valence-electron chi connectivity index (χ0n) is 14.0. The molecule has 0 heterocycles. The topological polar surface area (TPSA) is 55.4 Å². The second kappa shape index (κ2) is 8.37. The van der Waals surface area contributed by atoms with Crippen molar-refractivity contribution in [1.82, 2.24) is 0 Å². The second-order valence-electron chi connectivity index (χ2n) is 5.76. The molecule has 0 aliphatic rings. The van der Waals surface area contributed by atoms with Crippen molar-refractivity contribution in [3.63, 3.8) is 0 Å². The van der Waals surface area contributed by atoms with Gasteiger partial charge in [-0.2, -0.15) is 0 Å². The molecule has 0 saturated carbocycles. The van der Waals surface area contributed by atoms with Crippen LogP contribution in [0.4, 0.5) is 14.5 Å². The van der Waals surface area contributed by atoms with E-state index in [2.05, 4.69) is 5.32 Å². The molecule has 0 radical (unpaired) electrons. The van der Waals surface area contributed by atoms with Crippen molar-refractivity contribution in [3.05, 3.63) is 65.7 Å². The molecule has 6 heteroatoms. The Labute approximate surface area is 144 Å². The molecule has 2 atom stereocenters. The number of ether oxygens (including phenoxy) is 1. The highest BCUT2D eigenvalue weighted by molar-refractivity contribution is 5.95. The molecule has 2 aromatic rings. The van der Waals surface area contributed by atoms with Gasteiger partial charge in [-0.3, -0.25) is 9.59 Å². The lowest BCUT2D eigenvalue weighted by molar-refractivity contribution is -0.153. The number of hydrogen-bond acceptors (Lipinski definition) is 3. The lowest BCUT2D eigenvalue weighted by Crippen LogP contribution is -2.30. The molecule has 0 aromatic heterocycles. The smallest absolute Gasteiger partial charge is 0.307 e. The molecule has 1 N–H and O–H groups in total. The van der Waals surface area contributed by atoms with E-state index in [-0.39, 0.29) is 18.0 Å². The zero-order chi connectivity index (χ0) is 18.4. The van der Waals surface area contributed by atoms with Crippen molar-refractivity contribution in [1.29, 1.82) is 0 Å². The molecule has 0 unspecified atom stereocenters. The van der Waals surface area contributed by atoms with Crippen LogP contribution in [0.1, 0.15) is 31.7 Å². The number of rotatable bonds is 6. The predicted molar refractivity (Wildman–Crippen MR) is 90.0 cm³/mol. The fourth-order valence-corrected chi connectivity index (χ4v) is 2.28. The third-order valence-electron chi connectivity index (χ3n) is 3.71. The maximum Gasteiger partial charge on any atom is 0.307 e. The van der Waals surface area contributed by atoms with Crippen LogP contribution in [0.25, 0.3) is 0 Å². The molecule has 2 aromatic carbocycles. The molecule has 0 aliphatic heterocycles. The van der Waals surface area contributed by atoms with Crippen molar-refractivity contribution >= 4 is 17.6 Å². The Morgan fingerprint density at radius 1 is 1.08 bits per heavy atom. The van der Waals surface area contributed by atoms with E-state index in [1.54, 1.807) is 0 Å². The van der Waals surface area contributed by atoms with Crippen LogP contribution >= 0.6 is 0 Å². The van der Waals surface area contributed by atoms with Gasteiger partial charge >= 0.3 is 5.97 Å². The Morgan fingerprint density at radius 2 is 1.76 bits per heavy atom. The first-order valence-corrected chi connectivity index (χ1v) is 7.87. The Morgan fingerprint density at radius 3 is 2.44 bits per heavy atom. The fourth-order valence-electron chi connectivity index (χ4n) is 2.28. The van der Waals surface area contributed by atoms with Crippen molar-refractivity contribution in [2.45, 2.75) is 32.3 Å². The number of anilines is 1. The number of nitrogens with one attached hydrogen (secondary N) is 1. The number of hydrogen-bond donors (Lipinski definition) is 1. The molecule has 1 amide bonds. The minimum absolute atomic E-state index is 0.0652. The van der Waals surface area contributed by atoms with Gasteiger partial charge in [0.2, 0.25) is 0 Å². The van der Waals surface area contributed by atoms with E-state index in [0.717, 1.165) is 23.8 Å². The molecule has 0 spiro atoms. The minimum Gasteiger partial charge on any atom is -0.453 e. The molecule has 0 bridgehead atoms. The number of carbonyl (C=O) groups is 2. The summed E-state index contributed by atoms with van der Waals surface area (Å²) < 4.78 is 31.7. The molecular weight excluding hydrogens is 328 g/mol. The average Bonchev–Trinajstić information content (AvgIpc) is 2.58. The van der Waals surface area contributed by atoms with E-state index in [9.17, 15) is 18.4 Å². The SMILES string of the molecule is C[C@H](OC(=O)C[C@@H](C)c1ccccc1)C(=O)Nc1cc(F)ccc1F. The fraction of sp³-hybridized carbons (Fsp3) is 0.263. The summed E-state index contributed by atoms with van der Waals surface area (Å²) in [5, 5.41) is 2.21. The van der Waals surface area contributed by atoms with E-state index in [0.29, 0.717) is 0 Å². The Bertz CT molecular complexity index is 750. The number of esters is 1. The summed E-state index contributed by atoms with van der Waals surface area (Å²) in [7, 11) is 0. The standard InChI is InChI=1S/C19H19F2NO3/c1-12(14-6-4-3-5-7-14)10-18(23)25-13(2)19(24)22-17-11-15(20)8-9-16(17)21/h3-9,11-13H,10H2,1-2H3,(H,22,24)/t12-,13+/m1/s1. The highest BCUT2D eigenvalue weighted by atomic mass is 19.1. The number of halogens is 2. The molecule has 0 aliphatic carbocycles. The van der Waals surface area contributed by atoms with Crippen LogP contribution in [-0.2, 0) is 14.3 Å². The van der Waals surface area contributed by atoms with Crippen LogP contribution in [-0.4, -0.2) is 18.0 Å². The van der Waals surface area contributed by atoms with Crippen LogP contribution in [0, 0.1) is 11.6 Å². The largest absolute Gasteiger partial charge is 0.453 e. The van der Waals surface area contributed by atoms with E-state index in [1.807, 2.05) is 37.3 Å². The van der Waals surface area contributed by atoms with E-state index < -0.39 is 29.6 Å². The third-order valence-corrected chi connectivity index (χ3v) is 3.71. The molecule has 25 heavy (non-hydrogen) atoms. The molecule has 132 valence electrons. The van der Waals surface area contributed by atoms with Gasteiger partial charge in [-0.05, 0) is 30.5 Å². The van der Waals surface area contributed by atoms with Crippen molar-refractivity contribution in [2.24, 2.45) is 0 Å². The molecule has 0 saturated heterocycles. The molecule has 0 fully saturated rings. The quantitative estimate of drug-likeness (QED) is 0.803. The van der Waals surface area contributed by atoms with Gasteiger partial charge in [0, 0.05) is 6.07 Å². The first kappa shape index (κ1) is 18.6. The van der Waals surface area contributed by atoms with Gasteiger partial charge in [-0.15, -0.1) is 0 Å². The van der Waals surface area contributed by atoms with Gasteiger partial charge in [0.15, 0.2) is 6.10 Å². The van der Waals surface area contributed by atoms with E-state index in [1.165, 1.54) is 6.92 Å². The van der Waals surface area contributed by atoms with Crippen LogP contribution in [0.5, 0.6) is 0 Å². The van der Waals surface area contributed by atoms with Crippen LogP contribution in [0.3, 0.4) is 0 Å². The Kier molecular flexibility index (Phi) is 6.22. The Balaban J connectivity index is 1.90. The van der Waals surface area contributed by atoms with Gasteiger partial charge in [0.05, 0.1) is 12.1 Å². The van der Waals surface area contributed by atoms with Crippen molar-refractivity contribution < 1.29 is 23.1 Å². The maximum absolute atomic E-state index is 13.5. The van der Waals surface area contributed by atoms with E-state index >= 15 is 0 Å². The second-order valence-corrected chi connectivity index (χ2v) is 5.76. The molecule has 4 nitrogen and oxygen atoms in total. The Hall–Kier alpha value is -2.76. The van der Waals surface area contributed by atoms with Crippen molar-refractivity contribution in [2.75, 3.05) is 5.32 Å². The first-order valence-electron chi connectivity index (χ1n) is 7.87. The van der Waals surface area contributed by atoms with Crippen LogP contribution in [0.2, 0.25) is 0 Å². The molecular formula is C19H19F2NO3. The lowest BCUT2D eigenvalue weighted by atomic mass is 9.98. The maximum atomic E-state index is 13.5. The van der Waals surface area contributed by atoms with Gasteiger partial charge < -0.3 is 10.1 Å². The average molecular weight is 347 g/mol. The van der Waals surface area contributed by atoms with Gasteiger partial charge in [-0.1, -0.05) is 37.3 Å². The summed E-state index contributed by atoms with van der Waals surface area (Å²) >= 11 is 0. The number of benzene rings is 2. The molecule has 2 rings (SSSR count). The summed E-state index contributed by atoms with van der Waals surface area (Å²) in [6.07, 6.45) is -1.02. The highest BCUT2D eigenvalue weighted by Crippen LogP contribution is 2.20. The normalized spacial score (nSPS) is 13.0. The highest BCUT2D eigenvalue weighted by Gasteiger charge is 2.21. The summed E-state index contributed by atoms with van der Waals surface area (Å²) in [5.74, 6) is -2.79. The van der Waals surface area contributed by atoms with Gasteiger partial charge in [0.25, 0.3) is 5.91 Å². The van der Waals surface area contributed by atoms with Crippen LogP contribution < -0.4 is 5.32 Å². The monoisotopic (exact) mass is 347 g/mol. The zero-order valence-corrected chi connectivity index (χ0v) is 14.0. The third kappa shape index (κ3) is 5.38. The summed E-state index contributed by atoms with van der Waals surface area (Å²) in [5.41, 5.74) is 0.684. The number of amides is 1. The van der Waals surface area contributed by atoms with Crippen molar-refractivity contribution in [3.8, 4) is 0 Å². The summed E-state index contributed by atoms with van der Waals surface area (Å²) in [6, 6.07) is 12.2. The number of carbonyl (C=O) groups excluding carboxylic acids is 2. The van der Waals surface area contributed by atoms with Gasteiger partial charge in [0.1, 0.15) is 11.6 Å². The first-order chi connectivity index (χ1) is 11.9. The minimum atomic E-state index is -1.13. The van der Waals surface area contributed by atoms with E-state index in [4.69, 9.17) is 4.74 Å². The van der Waals surface area contributed by atoms with Crippen LogP contribution in [0.15, 0.2) is 48.5 Å². The predicted octanol–water partition coefficient (Wildman–Crippen LogP) is 4.03. The lowest BCUT2D eigenvalue weighted by Gasteiger charge is -2.16. The summed E-state index contributed by atoms with van der Waals surface area (Å²) in [6.45, 7) is 3.25. The van der Waals surface area contributed by atoms with Gasteiger partial charge in [-0.25, -0.2) is 8.78 Å². The summed E-state index contributed by atoms with van der Waals surface area (Å²) in [4.78, 5) is 24.0.